The molecule has 4 bridgehead atoms. The van der Waals surface area contributed by atoms with Gasteiger partial charge in [0, 0.05) is 5.57 Å². The number of hydrogen-bond donors (Lipinski definition) is 0. The summed E-state index contributed by atoms with van der Waals surface area (Å²) in [5, 5.41) is 0. The lowest BCUT2D eigenvalue weighted by Gasteiger charge is -2.36. The van der Waals surface area contributed by atoms with E-state index in [2.05, 4.69) is 18.7 Å². The smallest absolute Gasteiger partial charge is 0.333 e. The topological polar surface area (TPSA) is 26.3 Å². The summed E-state index contributed by atoms with van der Waals surface area (Å²) in [5.41, 5.74) is 0.503. The van der Waals surface area contributed by atoms with E-state index in [-0.39, 0.29) is 5.97 Å². The summed E-state index contributed by atoms with van der Waals surface area (Å²) in [5.74, 6) is 6.69. The number of fused-ring (bicyclic) bond motifs is 9. The number of esters is 1. The minimum Gasteiger partial charge on any atom is -0.462 e. The molecular weight excluding hydrogens is 272 g/mol. The van der Waals surface area contributed by atoms with Gasteiger partial charge in [0.2, 0.25) is 0 Å². The SMILES string of the molecule is C=C(C)C(=O)OCCCCC1CC2CC1C1C3C=CC(C3)C21. The Kier molecular flexibility index (Phi) is 3.66. The minimum atomic E-state index is -0.239. The Morgan fingerprint density at radius 1 is 1.14 bits per heavy atom. The average Bonchev–Trinajstić information content (AvgIpc) is 3.24. The van der Waals surface area contributed by atoms with E-state index >= 15 is 0 Å². The number of rotatable bonds is 6. The van der Waals surface area contributed by atoms with Crippen molar-refractivity contribution in [2.45, 2.75) is 45.4 Å². The predicted molar refractivity (Wildman–Crippen MR) is 87.0 cm³/mol. The third-order valence-electron chi connectivity index (χ3n) is 6.96. The minimum absolute atomic E-state index is 0.239. The van der Waals surface area contributed by atoms with Gasteiger partial charge in [0.15, 0.2) is 0 Å². The fraction of sp³-hybridized carbons (Fsp3) is 0.750. The molecule has 3 fully saturated rings. The Morgan fingerprint density at radius 3 is 2.68 bits per heavy atom. The Bertz CT molecular complexity index is 506. The predicted octanol–water partition coefficient (Wildman–Crippen LogP) is 4.37. The fourth-order valence-corrected chi connectivity index (χ4v) is 6.28. The van der Waals surface area contributed by atoms with Crippen molar-refractivity contribution in [1.82, 2.24) is 0 Å². The van der Waals surface area contributed by atoms with Crippen molar-refractivity contribution < 1.29 is 9.53 Å². The molecule has 2 nitrogen and oxygen atoms in total. The summed E-state index contributed by atoms with van der Waals surface area (Å²) in [6, 6.07) is 0. The van der Waals surface area contributed by atoms with Gasteiger partial charge in [0.25, 0.3) is 0 Å². The molecular formula is C20H28O2. The third-order valence-corrected chi connectivity index (χ3v) is 6.96. The van der Waals surface area contributed by atoms with Crippen molar-refractivity contribution in [3.63, 3.8) is 0 Å². The summed E-state index contributed by atoms with van der Waals surface area (Å²) in [6.45, 7) is 5.88. The highest BCUT2D eigenvalue weighted by Gasteiger charge is 2.60. The molecule has 0 aromatic carbocycles. The molecule has 0 saturated heterocycles. The van der Waals surface area contributed by atoms with Crippen molar-refractivity contribution in [3.05, 3.63) is 24.3 Å². The van der Waals surface area contributed by atoms with E-state index in [4.69, 9.17) is 4.74 Å². The molecule has 4 rings (SSSR count). The zero-order valence-electron chi connectivity index (χ0n) is 13.7. The number of carbonyl (C=O) groups excluding carboxylic acids is 1. The third kappa shape index (κ3) is 2.26. The van der Waals surface area contributed by atoms with Crippen LogP contribution in [0.2, 0.25) is 0 Å². The van der Waals surface area contributed by atoms with E-state index < -0.39 is 0 Å². The summed E-state index contributed by atoms with van der Waals surface area (Å²) >= 11 is 0. The lowest BCUT2D eigenvalue weighted by atomic mass is 9.68. The van der Waals surface area contributed by atoms with Crippen molar-refractivity contribution in [3.8, 4) is 0 Å². The molecule has 0 aromatic rings. The molecule has 0 aromatic heterocycles. The maximum Gasteiger partial charge on any atom is 0.333 e. The van der Waals surface area contributed by atoms with Crippen LogP contribution in [0.15, 0.2) is 24.3 Å². The standard InChI is InChI=1S/C20H28O2/c1-12(2)20(21)22-8-4-3-5-13-9-16-11-17(13)19-15-7-6-14(10-15)18(16)19/h6-7,13-19H,1,3-5,8-11H2,2H3. The van der Waals surface area contributed by atoms with Gasteiger partial charge in [-0.3, -0.25) is 0 Å². The van der Waals surface area contributed by atoms with E-state index in [1.807, 2.05) is 0 Å². The first-order valence-corrected chi connectivity index (χ1v) is 9.16. The Hall–Kier alpha value is -1.05. The zero-order valence-corrected chi connectivity index (χ0v) is 13.7. The van der Waals surface area contributed by atoms with Crippen molar-refractivity contribution in [1.29, 1.82) is 0 Å². The molecule has 7 atom stereocenters. The van der Waals surface area contributed by atoms with Crippen LogP contribution in [0.1, 0.15) is 45.4 Å². The Morgan fingerprint density at radius 2 is 1.91 bits per heavy atom. The molecule has 0 spiro atoms. The number of allylic oxidation sites excluding steroid dienone is 2. The second kappa shape index (κ2) is 5.54. The molecule has 120 valence electrons. The summed E-state index contributed by atoms with van der Waals surface area (Å²) < 4.78 is 5.19. The van der Waals surface area contributed by atoms with Crippen LogP contribution in [-0.4, -0.2) is 12.6 Å². The second-order valence-electron chi connectivity index (χ2n) is 8.17. The maximum atomic E-state index is 11.3. The van der Waals surface area contributed by atoms with E-state index in [0.717, 1.165) is 47.8 Å². The number of unbranched alkanes of at least 4 members (excludes halogenated alkanes) is 1. The molecule has 2 heteroatoms. The molecule has 0 aliphatic heterocycles. The monoisotopic (exact) mass is 300 g/mol. The normalized spacial score (nSPS) is 43.6. The largest absolute Gasteiger partial charge is 0.462 e. The van der Waals surface area contributed by atoms with Crippen molar-refractivity contribution >= 4 is 5.97 Å². The van der Waals surface area contributed by atoms with Gasteiger partial charge in [-0.05, 0) is 80.5 Å². The van der Waals surface area contributed by atoms with Gasteiger partial charge in [0.05, 0.1) is 6.61 Å². The van der Waals surface area contributed by atoms with Gasteiger partial charge < -0.3 is 4.74 Å². The summed E-state index contributed by atoms with van der Waals surface area (Å²) in [6.07, 6.45) is 13.1. The van der Waals surface area contributed by atoms with Crippen LogP contribution in [0.25, 0.3) is 0 Å². The van der Waals surface area contributed by atoms with Crippen LogP contribution in [0.3, 0.4) is 0 Å². The Balaban J connectivity index is 1.22. The van der Waals surface area contributed by atoms with Crippen LogP contribution in [0.4, 0.5) is 0 Å². The molecule has 0 radical (unpaired) electrons. The molecule has 7 unspecified atom stereocenters. The molecule has 4 aliphatic carbocycles. The molecule has 0 N–H and O–H groups in total. The lowest BCUT2D eigenvalue weighted by Crippen LogP contribution is -2.30. The molecule has 0 heterocycles. The van der Waals surface area contributed by atoms with E-state index in [0.29, 0.717) is 12.2 Å². The highest BCUT2D eigenvalue weighted by atomic mass is 16.5. The summed E-state index contributed by atoms with van der Waals surface area (Å²) in [7, 11) is 0. The number of ether oxygens (including phenoxy) is 1. The van der Waals surface area contributed by atoms with Gasteiger partial charge in [0.1, 0.15) is 0 Å². The maximum absolute atomic E-state index is 11.3. The van der Waals surface area contributed by atoms with Crippen LogP contribution in [0, 0.1) is 41.4 Å². The van der Waals surface area contributed by atoms with Crippen molar-refractivity contribution in [2.75, 3.05) is 6.61 Å². The van der Waals surface area contributed by atoms with E-state index in [1.54, 1.807) is 6.92 Å². The zero-order chi connectivity index (χ0) is 15.3. The number of carbonyl (C=O) groups is 1. The van der Waals surface area contributed by atoms with Gasteiger partial charge in [-0.15, -0.1) is 0 Å². The van der Waals surface area contributed by atoms with Gasteiger partial charge >= 0.3 is 5.97 Å². The molecule has 22 heavy (non-hydrogen) atoms. The first-order chi connectivity index (χ1) is 10.6. The number of hydrogen-bond acceptors (Lipinski definition) is 2. The second-order valence-corrected chi connectivity index (χ2v) is 8.17. The fourth-order valence-electron chi connectivity index (χ4n) is 6.28. The van der Waals surface area contributed by atoms with E-state index in [9.17, 15) is 4.79 Å². The van der Waals surface area contributed by atoms with E-state index in [1.165, 1.54) is 32.1 Å². The van der Waals surface area contributed by atoms with Gasteiger partial charge in [-0.1, -0.05) is 25.2 Å². The molecule has 4 aliphatic rings. The van der Waals surface area contributed by atoms with Crippen LogP contribution >= 0.6 is 0 Å². The lowest BCUT2D eigenvalue weighted by molar-refractivity contribution is -0.139. The van der Waals surface area contributed by atoms with Crippen LogP contribution < -0.4 is 0 Å². The first-order valence-electron chi connectivity index (χ1n) is 9.16. The first kappa shape index (κ1) is 14.5. The quantitative estimate of drug-likeness (QED) is 0.239. The van der Waals surface area contributed by atoms with Crippen molar-refractivity contribution in [2.24, 2.45) is 41.4 Å². The highest BCUT2D eigenvalue weighted by molar-refractivity contribution is 5.86. The van der Waals surface area contributed by atoms with Crippen LogP contribution in [-0.2, 0) is 9.53 Å². The average molecular weight is 300 g/mol. The van der Waals surface area contributed by atoms with Gasteiger partial charge in [-0.25, -0.2) is 4.79 Å². The Labute approximate surface area is 134 Å². The molecule has 0 amide bonds. The van der Waals surface area contributed by atoms with Crippen LogP contribution in [0.5, 0.6) is 0 Å². The summed E-state index contributed by atoms with van der Waals surface area (Å²) in [4.78, 5) is 11.3. The molecule has 3 saturated carbocycles. The van der Waals surface area contributed by atoms with Gasteiger partial charge in [-0.2, -0.15) is 0 Å². The highest BCUT2D eigenvalue weighted by Crippen LogP contribution is 2.67.